The summed E-state index contributed by atoms with van der Waals surface area (Å²) < 4.78 is 5.52. The zero-order valence-corrected chi connectivity index (χ0v) is 15.3. The second kappa shape index (κ2) is 7.12. The van der Waals surface area contributed by atoms with Crippen LogP contribution in [0.25, 0.3) is 0 Å². The molecule has 6 heteroatoms. The van der Waals surface area contributed by atoms with Gasteiger partial charge in [-0.25, -0.2) is 4.98 Å². The summed E-state index contributed by atoms with van der Waals surface area (Å²) in [6.45, 7) is 4.08. The lowest BCUT2D eigenvalue weighted by molar-refractivity contribution is 0.122. The molecule has 1 atom stereocenters. The molecule has 0 bridgehead atoms. The fourth-order valence-electron chi connectivity index (χ4n) is 4.04. The number of aromatic nitrogens is 3. The van der Waals surface area contributed by atoms with Gasteiger partial charge in [-0.1, -0.05) is 24.3 Å². The molecule has 1 fully saturated rings. The van der Waals surface area contributed by atoms with Gasteiger partial charge in [0.1, 0.15) is 5.82 Å². The van der Waals surface area contributed by atoms with Crippen LogP contribution in [-0.2, 0) is 11.2 Å². The third-order valence-corrected chi connectivity index (χ3v) is 5.45. The molecule has 3 aliphatic rings. The number of rotatable bonds is 3. The van der Waals surface area contributed by atoms with Crippen LogP contribution in [0, 0.1) is 0 Å². The molecule has 1 aliphatic carbocycles. The van der Waals surface area contributed by atoms with Crippen LogP contribution < -0.4 is 9.80 Å². The fraction of sp³-hybridized carbons (Fsp3) is 0.381. The van der Waals surface area contributed by atoms with E-state index >= 15 is 0 Å². The molecule has 0 aromatic carbocycles. The van der Waals surface area contributed by atoms with Gasteiger partial charge in [0.15, 0.2) is 0 Å². The van der Waals surface area contributed by atoms with Gasteiger partial charge < -0.3 is 14.5 Å². The highest BCUT2D eigenvalue weighted by Crippen LogP contribution is 2.39. The highest BCUT2D eigenvalue weighted by atomic mass is 16.5. The standard InChI is InChI=1S/C21H23N5O/c1-2-4-16(5-3-1)19-18-8-11-26(17-6-9-22-10-7-17)20(18)24-21(23-19)25-12-14-27-15-13-25/h1-4,6-7,9-10,16H,5,8,11-15H2. The predicted molar refractivity (Wildman–Crippen MR) is 106 cm³/mol. The van der Waals surface area contributed by atoms with Crippen LogP contribution in [0.1, 0.15) is 23.6 Å². The first-order chi connectivity index (χ1) is 13.4. The molecule has 1 unspecified atom stereocenters. The Balaban J connectivity index is 1.60. The molecule has 2 aromatic heterocycles. The Hall–Kier alpha value is -2.73. The molecule has 2 aliphatic heterocycles. The second-order valence-corrected chi connectivity index (χ2v) is 7.07. The summed E-state index contributed by atoms with van der Waals surface area (Å²) in [6.07, 6.45) is 14.4. The Kier molecular flexibility index (Phi) is 4.33. The van der Waals surface area contributed by atoms with Crippen LogP contribution in [0.3, 0.4) is 0 Å². The first-order valence-electron chi connectivity index (χ1n) is 9.64. The molecular weight excluding hydrogens is 338 g/mol. The predicted octanol–water partition coefficient (Wildman–Crippen LogP) is 3.00. The van der Waals surface area contributed by atoms with E-state index in [9.17, 15) is 0 Å². The topological polar surface area (TPSA) is 54.4 Å². The molecule has 0 N–H and O–H groups in total. The van der Waals surface area contributed by atoms with Gasteiger partial charge in [-0.3, -0.25) is 4.98 Å². The largest absolute Gasteiger partial charge is 0.378 e. The van der Waals surface area contributed by atoms with Gasteiger partial charge in [-0.2, -0.15) is 4.98 Å². The minimum atomic E-state index is 0.323. The number of fused-ring (bicyclic) bond motifs is 1. The summed E-state index contributed by atoms with van der Waals surface area (Å²) in [5.41, 5.74) is 3.60. The highest BCUT2D eigenvalue weighted by Gasteiger charge is 2.30. The van der Waals surface area contributed by atoms with E-state index in [1.807, 2.05) is 12.4 Å². The van der Waals surface area contributed by atoms with Crippen molar-refractivity contribution < 1.29 is 4.74 Å². The van der Waals surface area contributed by atoms with Gasteiger partial charge in [0.25, 0.3) is 0 Å². The number of ether oxygens (including phenoxy) is 1. The molecule has 27 heavy (non-hydrogen) atoms. The number of hydrogen-bond donors (Lipinski definition) is 0. The lowest BCUT2D eigenvalue weighted by Gasteiger charge is -2.29. The third-order valence-electron chi connectivity index (χ3n) is 5.45. The minimum Gasteiger partial charge on any atom is -0.378 e. The summed E-state index contributed by atoms with van der Waals surface area (Å²) in [5, 5.41) is 0. The number of hydrogen-bond acceptors (Lipinski definition) is 6. The Morgan fingerprint density at radius 2 is 1.85 bits per heavy atom. The van der Waals surface area contributed by atoms with Crippen molar-refractivity contribution >= 4 is 17.5 Å². The van der Waals surface area contributed by atoms with Gasteiger partial charge in [0, 0.05) is 49.2 Å². The SMILES string of the molecule is C1=CCC(c2nc(N3CCOCC3)nc3c2CCN3c2ccncc2)C=C1. The van der Waals surface area contributed by atoms with Crippen molar-refractivity contribution in [1.82, 2.24) is 15.0 Å². The Morgan fingerprint density at radius 1 is 1.00 bits per heavy atom. The van der Waals surface area contributed by atoms with E-state index in [1.165, 1.54) is 11.3 Å². The molecule has 138 valence electrons. The molecule has 5 rings (SSSR count). The Labute approximate surface area is 159 Å². The number of allylic oxidation sites excluding steroid dienone is 4. The van der Waals surface area contributed by atoms with E-state index in [1.54, 1.807) is 0 Å². The summed E-state index contributed by atoms with van der Waals surface area (Å²) in [5.74, 6) is 2.20. The number of anilines is 3. The number of pyridine rings is 1. The molecule has 6 nitrogen and oxygen atoms in total. The van der Waals surface area contributed by atoms with Crippen LogP contribution in [0.5, 0.6) is 0 Å². The zero-order chi connectivity index (χ0) is 18.1. The van der Waals surface area contributed by atoms with E-state index in [0.29, 0.717) is 5.92 Å². The molecular formula is C21H23N5O. The second-order valence-electron chi connectivity index (χ2n) is 7.07. The van der Waals surface area contributed by atoms with Gasteiger partial charge >= 0.3 is 0 Å². The first kappa shape index (κ1) is 16.4. The van der Waals surface area contributed by atoms with Crippen LogP contribution >= 0.6 is 0 Å². The summed E-state index contributed by atoms with van der Waals surface area (Å²) in [7, 11) is 0. The molecule has 0 amide bonds. The summed E-state index contributed by atoms with van der Waals surface area (Å²) >= 11 is 0. The maximum atomic E-state index is 5.52. The van der Waals surface area contributed by atoms with Crippen molar-refractivity contribution in [2.45, 2.75) is 18.8 Å². The highest BCUT2D eigenvalue weighted by molar-refractivity contribution is 5.68. The van der Waals surface area contributed by atoms with E-state index in [2.05, 4.69) is 51.2 Å². The maximum Gasteiger partial charge on any atom is 0.227 e. The van der Waals surface area contributed by atoms with Crippen LogP contribution in [-0.4, -0.2) is 47.8 Å². The van der Waals surface area contributed by atoms with Crippen LogP contribution in [0.2, 0.25) is 0 Å². The van der Waals surface area contributed by atoms with Crippen molar-refractivity contribution in [3.63, 3.8) is 0 Å². The molecule has 4 heterocycles. The molecule has 0 spiro atoms. The Bertz CT molecular complexity index is 874. The summed E-state index contributed by atoms with van der Waals surface area (Å²) in [6, 6.07) is 4.10. The smallest absolute Gasteiger partial charge is 0.227 e. The van der Waals surface area contributed by atoms with Crippen molar-refractivity contribution in [2.75, 3.05) is 42.6 Å². The minimum absolute atomic E-state index is 0.323. The quantitative estimate of drug-likeness (QED) is 0.838. The zero-order valence-electron chi connectivity index (χ0n) is 15.3. The fourth-order valence-corrected chi connectivity index (χ4v) is 4.04. The number of nitrogens with zero attached hydrogens (tertiary/aromatic N) is 5. The van der Waals surface area contributed by atoms with E-state index < -0.39 is 0 Å². The molecule has 1 saturated heterocycles. The molecule has 0 radical (unpaired) electrons. The van der Waals surface area contributed by atoms with Crippen molar-refractivity contribution in [3.8, 4) is 0 Å². The van der Waals surface area contributed by atoms with Gasteiger partial charge in [0.05, 0.1) is 18.9 Å². The van der Waals surface area contributed by atoms with Gasteiger partial charge in [-0.15, -0.1) is 0 Å². The van der Waals surface area contributed by atoms with Crippen LogP contribution in [0.4, 0.5) is 17.5 Å². The van der Waals surface area contributed by atoms with Crippen LogP contribution in [0.15, 0.2) is 48.8 Å². The lowest BCUT2D eigenvalue weighted by Crippen LogP contribution is -2.37. The average Bonchev–Trinajstić information content (AvgIpc) is 3.19. The van der Waals surface area contributed by atoms with E-state index in [0.717, 1.165) is 63.1 Å². The van der Waals surface area contributed by atoms with E-state index in [-0.39, 0.29) is 0 Å². The normalized spacial score (nSPS) is 21.6. The monoisotopic (exact) mass is 361 g/mol. The van der Waals surface area contributed by atoms with Crippen molar-refractivity contribution in [3.05, 3.63) is 60.1 Å². The Morgan fingerprint density at radius 3 is 2.63 bits per heavy atom. The number of morpholine rings is 1. The van der Waals surface area contributed by atoms with Gasteiger partial charge in [-0.05, 0) is 25.0 Å². The van der Waals surface area contributed by atoms with E-state index in [4.69, 9.17) is 14.7 Å². The van der Waals surface area contributed by atoms with Gasteiger partial charge in [0.2, 0.25) is 5.95 Å². The third kappa shape index (κ3) is 3.10. The average molecular weight is 361 g/mol. The summed E-state index contributed by atoms with van der Waals surface area (Å²) in [4.78, 5) is 18.8. The molecule has 0 saturated carbocycles. The maximum absolute atomic E-state index is 5.52. The van der Waals surface area contributed by atoms with Crippen molar-refractivity contribution in [1.29, 1.82) is 0 Å². The first-order valence-corrected chi connectivity index (χ1v) is 9.64. The van der Waals surface area contributed by atoms with Crippen molar-refractivity contribution in [2.24, 2.45) is 0 Å². The lowest BCUT2D eigenvalue weighted by atomic mass is 9.93. The molecule has 2 aromatic rings.